The molecule has 1 N–H and O–H groups in total. The van der Waals surface area contributed by atoms with Gasteiger partial charge in [0.15, 0.2) is 0 Å². The van der Waals surface area contributed by atoms with Crippen LogP contribution in [-0.2, 0) is 12.8 Å². The number of ether oxygens (including phenoxy) is 1. The largest absolute Gasteiger partial charge is 0.493 e. The summed E-state index contributed by atoms with van der Waals surface area (Å²) in [6, 6.07) is 6.53. The van der Waals surface area contributed by atoms with E-state index in [0.29, 0.717) is 6.61 Å². The summed E-state index contributed by atoms with van der Waals surface area (Å²) < 4.78 is 5.49. The smallest absolute Gasteiger partial charge is 0.122 e. The number of benzene rings is 1. The first-order valence-electron chi connectivity index (χ1n) is 6.17. The Hall–Kier alpha value is -1.02. The first-order chi connectivity index (χ1) is 7.81. The third-order valence-electron chi connectivity index (χ3n) is 3.99. The normalized spacial score (nSPS) is 20.3. The average Bonchev–Trinajstić information content (AvgIpc) is 2.96. The van der Waals surface area contributed by atoms with Crippen molar-refractivity contribution < 1.29 is 9.84 Å². The minimum Gasteiger partial charge on any atom is -0.493 e. The van der Waals surface area contributed by atoms with Crippen LogP contribution in [0.2, 0.25) is 0 Å². The number of aliphatic hydroxyl groups excluding tert-OH is 1. The first-order valence-corrected chi connectivity index (χ1v) is 6.17. The molecule has 1 fully saturated rings. The first kappa shape index (κ1) is 10.2. The molecule has 86 valence electrons. The van der Waals surface area contributed by atoms with E-state index in [4.69, 9.17) is 4.74 Å². The number of hydrogen-bond acceptors (Lipinski definition) is 2. The molecule has 2 aliphatic rings. The lowest BCUT2D eigenvalue weighted by atomic mass is 9.96. The van der Waals surface area contributed by atoms with Crippen molar-refractivity contribution >= 4 is 0 Å². The predicted octanol–water partition coefficient (Wildman–Crippen LogP) is 2.33. The van der Waals surface area contributed by atoms with Crippen LogP contribution in [0.15, 0.2) is 18.2 Å². The highest BCUT2D eigenvalue weighted by Gasteiger charge is 2.41. The van der Waals surface area contributed by atoms with Crippen LogP contribution in [0, 0.1) is 5.41 Å². The fourth-order valence-corrected chi connectivity index (χ4v) is 2.47. The molecule has 0 bridgehead atoms. The van der Waals surface area contributed by atoms with E-state index in [1.807, 2.05) is 0 Å². The molecule has 1 aliphatic carbocycles. The third kappa shape index (κ3) is 1.82. The molecular weight excluding hydrogens is 200 g/mol. The number of rotatable bonds is 4. The van der Waals surface area contributed by atoms with Gasteiger partial charge in [0.1, 0.15) is 5.75 Å². The molecule has 0 unspecified atom stereocenters. The Morgan fingerprint density at radius 2 is 2.19 bits per heavy atom. The van der Waals surface area contributed by atoms with Crippen molar-refractivity contribution in [2.45, 2.75) is 32.1 Å². The minimum atomic E-state index is 0.273. The summed E-state index contributed by atoms with van der Waals surface area (Å²) in [5.41, 5.74) is 3.02. The molecule has 0 aromatic heterocycles. The molecule has 0 radical (unpaired) electrons. The van der Waals surface area contributed by atoms with E-state index < -0.39 is 0 Å². The summed E-state index contributed by atoms with van der Waals surface area (Å²) in [5, 5.41) is 9.27. The maximum atomic E-state index is 9.27. The van der Waals surface area contributed by atoms with Crippen molar-refractivity contribution in [3.63, 3.8) is 0 Å². The second kappa shape index (κ2) is 3.77. The Bertz CT molecular complexity index is 394. The SMILES string of the molecule is OCC1(CCc2ccc3c(c2)CCO3)CC1. The van der Waals surface area contributed by atoms with Crippen LogP contribution in [0.4, 0.5) is 0 Å². The Labute approximate surface area is 96.2 Å². The van der Waals surface area contributed by atoms with Crippen LogP contribution in [0.5, 0.6) is 5.75 Å². The van der Waals surface area contributed by atoms with E-state index in [2.05, 4.69) is 18.2 Å². The molecular formula is C14H18O2. The average molecular weight is 218 g/mol. The van der Waals surface area contributed by atoms with Gasteiger partial charge in [-0.3, -0.25) is 0 Å². The zero-order valence-electron chi connectivity index (χ0n) is 9.54. The van der Waals surface area contributed by atoms with Crippen LogP contribution in [0.1, 0.15) is 30.4 Å². The van der Waals surface area contributed by atoms with Gasteiger partial charge in [-0.25, -0.2) is 0 Å². The van der Waals surface area contributed by atoms with Gasteiger partial charge in [0.25, 0.3) is 0 Å². The van der Waals surface area contributed by atoms with Crippen molar-refractivity contribution in [3.8, 4) is 5.75 Å². The van der Waals surface area contributed by atoms with E-state index in [1.54, 1.807) is 0 Å². The lowest BCUT2D eigenvalue weighted by molar-refractivity contribution is 0.203. The molecule has 0 amide bonds. The summed E-state index contributed by atoms with van der Waals surface area (Å²) in [5.74, 6) is 1.06. The summed E-state index contributed by atoms with van der Waals surface area (Å²) in [6.45, 7) is 1.19. The van der Waals surface area contributed by atoms with Gasteiger partial charge in [0.05, 0.1) is 6.61 Å². The van der Waals surface area contributed by atoms with E-state index in [-0.39, 0.29) is 5.41 Å². The van der Waals surface area contributed by atoms with Gasteiger partial charge in [-0.2, -0.15) is 0 Å². The molecule has 3 rings (SSSR count). The maximum absolute atomic E-state index is 9.27. The zero-order chi connectivity index (χ0) is 11.0. The Morgan fingerprint density at radius 1 is 1.31 bits per heavy atom. The Balaban J connectivity index is 1.66. The Morgan fingerprint density at radius 3 is 2.94 bits per heavy atom. The molecule has 1 aromatic rings. The molecule has 1 saturated carbocycles. The Kier molecular flexibility index (Phi) is 2.40. The number of hydrogen-bond donors (Lipinski definition) is 1. The van der Waals surface area contributed by atoms with Gasteiger partial charge in [-0.1, -0.05) is 12.1 Å². The fourth-order valence-electron chi connectivity index (χ4n) is 2.47. The summed E-state index contributed by atoms with van der Waals surface area (Å²) in [4.78, 5) is 0. The van der Waals surface area contributed by atoms with Crippen LogP contribution in [0.3, 0.4) is 0 Å². The number of aryl methyl sites for hydroxylation is 1. The van der Waals surface area contributed by atoms with Gasteiger partial charge in [0.2, 0.25) is 0 Å². The third-order valence-corrected chi connectivity index (χ3v) is 3.99. The van der Waals surface area contributed by atoms with Crippen molar-refractivity contribution in [1.82, 2.24) is 0 Å². The number of aliphatic hydroxyl groups is 1. The summed E-state index contributed by atoms with van der Waals surface area (Å²) in [6.07, 6.45) is 5.68. The van der Waals surface area contributed by atoms with Crippen LogP contribution in [0.25, 0.3) is 0 Å². The molecule has 1 aliphatic heterocycles. The molecule has 1 heterocycles. The molecule has 0 spiro atoms. The second-order valence-electron chi connectivity index (χ2n) is 5.20. The summed E-state index contributed by atoms with van der Waals surface area (Å²) >= 11 is 0. The van der Waals surface area contributed by atoms with Crippen LogP contribution >= 0.6 is 0 Å². The van der Waals surface area contributed by atoms with E-state index >= 15 is 0 Å². The standard InChI is InChI=1S/C14H18O2/c15-10-14(6-7-14)5-3-11-1-2-13-12(9-11)4-8-16-13/h1-2,9,15H,3-8,10H2. The van der Waals surface area contributed by atoms with Gasteiger partial charge in [-0.15, -0.1) is 0 Å². The number of fused-ring (bicyclic) bond motifs is 1. The van der Waals surface area contributed by atoms with E-state index in [1.165, 1.54) is 24.0 Å². The van der Waals surface area contributed by atoms with Gasteiger partial charge in [0, 0.05) is 13.0 Å². The highest BCUT2D eigenvalue weighted by Crippen LogP contribution is 2.48. The van der Waals surface area contributed by atoms with E-state index in [9.17, 15) is 5.11 Å². The predicted molar refractivity (Wildman–Crippen MR) is 62.7 cm³/mol. The maximum Gasteiger partial charge on any atom is 0.122 e. The lowest BCUT2D eigenvalue weighted by Gasteiger charge is -2.11. The highest BCUT2D eigenvalue weighted by molar-refractivity contribution is 5.39. The van der Waals surface area contributed by atoms with Crippen LogP contribution < -0.4 is 4.74 Å². The van der Waals surface area contributed by atoms with Crippen molar-refractivity contribution in [2.24, 2.45) is 5.41 Å². The van der Waals surface area contributed by atoms with Crippen molar-refractivity contribution in [2.75, 3.05) is 13.2 Å². The summed E-state index contributed by atoms with van der Waals surface area (Å²) in [7, 11) is 0. The van der Waals surface area contributed by atoms with Gasteiger partial charge < -0.3 is 9.84 Å². The quantitative estimate of drug-likeness (QED) is 0.840. The molecule has 0 saturated heterocycles. The molecule has 0 atom stereocenters. The molecule has 16 heavy (non-hydrogen) atoms. The van der Waals surface area contributed by atoms with Gasteiger partial charge >= 0.3 is 0 Å². The monoisotopic (exact) mass is 218 g/mol. The lowest BCUT2D eigenvalue weighted by Crippen LogP contribution is -2.07. The highest BCUT2D eigenvalue weighted by atomic mass is 16.5. The molecule has 2 nitrogen and oxygen atoms in total. The fraction of sp³-hybridized carbons (Fsp3) is 0.571. The minimum absolute atomic E-state index is 0.273. The van der Waals surface area contributed by atoms with Crippen molar-refractivity contribution in [3.05, 3.63) is 29.3 Å². The van der Waals surface area contributed by atoms with Gasteiger partial charge in [-0.05, 0) is 48.3 Å². The molecule has 1 aromatic carbocycles. The van der Waals surface area contributed by atoms with Crippen molar-refractivity contribution in [1.29, 1.82) is 0 Å². The zero-order valence-corrected chi connectivity index (χ0v) is 9.54. The topological polar surface area (TPSA) is 29.5 Å². The van der Waals surface area contributed by atoms with Crippen LogP contribution in [-0.4, -0.2) is 18.3 Å². The van der Waals surface area contributed by atoms with E-state index in [0.717, 1.165) is 31.6 Å². The molecule has 2 heteroatoms. The second-order valence-corrected chi connectivity index (χ2v) is 5.20.